The van der Waals surface area contributed by atoms with Crippen LogP contribution < -0.4 is 10.6 Å². The van der Waals surface area contributed by atoms with Gasteiger partial charge in [0.2, 0.25) is 5.91 Å². The van der Waals surface area contributed by atoms with Gasteiger partial charge >= 0.3 is 0 Å². The van der Waals surface area contributed by atoms with Crippen molar-refractivity contribution >= 4 is 16.9 Å². The summed E-state index contributed by atoms with van der Waals surface area (Å²) in [5.41, 5.74) is 3.01. The van der Waals surface area contributed by atoms with Gasteiger partial charge in [-0.25, -0.2) is 4.98 Å². The minimum atomic E-state index is -0.178. The number of aromatic amines is 1. The molecule has 0 saturated carbocycles. The van der Waals surface area contributed by atoms with Crippen molar-refractivity contribution < 1.29 is 4.79 Å². The highest BCUT2D eigenvalue weighted by molar-refractivity contribution is 5.81. The fourth-order valence-corrected chi connectivity index (χ4v) is 1.77. The summed E-state index contributed by atoms with van der Waals surface area (Å²) in [6, 6.07) is 5.78. The van der Waals surface area contributed by atoms with E-state index in [1.807, 2.05) is 32.0 Å². The molecule has 2 aromatic rings. The molecule has 0 unspecified atom stereocenters. The maximum Gasteiger partial charge on any atom is 0.237 e. The standard InChI is InChI=1S/C13H18N4O/c1-8(14-3)13(18)15-7-10-4-5-11-12(6-10)17-9(2)16-11/h4-6,8,14H,7H2,1-3H3,(H,15,18)(H,16,17)/t8-/m0/s1. The van der Waals surface area contributed by atoms with E-state index >= 15 is 0 Å². The summed E-state index contributed by atoms with van der Waals surface area (Å²) in [5.74, 6) is 0.897. The minimum absolute atomic E-state index is 0.00149. The number of rotatable bonds is 4. The average Bonchev–Trinajstić information content (AvgIpc) is 2.74. The van der Waals surface area contributed by atoms with Gasteiger partial charge in [0.25, 0.3) is 0 Å². The van der Waals surface area contributed by atoms with E-state index in [0.29, 0.717) is 6.54 Å². The zero-order valence-electron chi connectivity index (χ0n) is 10.9. The first-order valence-electron chi connectivity index (χ1n) is 6.00. The van der Waals surface area contributed by atoms with E-state index < -0.39 is 0 Å². The van der Waals surface area contributed by atoms with Crippen LogP contribution in [0.4, 0.5) is 0 Å². The number of hydrogen-bond donors (Lipinski definition) is 3. The summed E-state index contributed by atoms with van der Waals surface area (Å²) in [5, 5.41) is 5.79. The van der Waals surface area contributed by atoms with Crippen molar-refractivity contribution in [1.29, 1.82) is 0 Å². The predicted octanol–water partition coefficient (Wildman–Crippen LogP) is 1.10. The summed E-state index contributed by atoms with van der Waals surface area (Å²) in [7, 11) is 1.77. The van der Waals surface area contributed by atoms with Gasteiger partial charge in [-0.3, -0.25) is 4.79 Å². The molecule has 2 rings (SSSR count). The third-order valence-corrected chi connectivity index (χ3v) is 2.96. The SMILES string of the molecule is CN[C@@H](C)C(=O)NCc1ccc2nc(C)[nH]c2c1. The summed E-state index contributed by atoms with van der Waals surface area (Å²) in [4.78, 5) is 19.1. The summed E-state index contributed by atoms with van der Waals surface area (Å²) in [6.45, 7) is 4.28. The molecule has 1 atom stereocenters. The number of benzene rings is 1. The number of hydrogen-bond acceptors (Lipinski definition) is 3. The van der Waals surface area contributed by atoms with Gasteiger partial charge in [0.15, 0.2) is 0 Å². The molecule has 1 heterocycles. The van der Waals surface area contributed by atoms with E-state index in [9.17, 15) is 4.79 Å². The molecule has 0 aliphatic rings. The first-order chi connectivity index (χ1) is 8.60. The number of imidazole rings is 1. The molecular formula is C13H18N4O. The first kappa shape index (κ1) is 12.6. The van der Waals surface area contributed by atoms with Crippen LogP contribution in [0.2, 0.25) is 0 Å². The Balaban J connectivity index is 2.05. The highest BCUT2D eigenvalue weighted by Crippen LogP contribution is 2.13. The largest absolute Gasteiger partial charge is 0.351 e. The number of aryl methyl sites for hydroxylation is 1. The molecule has 0 saturated heterocycles. The second-order valence-electron chi connectivity index (χ2n) is 4.40. The highest BCUT2D eigenvalue weighted by Gasteiger charge is 2.09. The van der Waals surface area contributed by atoms with Crippen LogP contribution in [0.5, 0.6) is 0 Å². The van der Waals surface area contributed by atoms with Crippen LogP contribution in [0.3, 0.4) is 0 Å². The maximum absolute atomic E-state index is 11.6. The number of nitrogens with zero attached hydrogens (tertiary/aromatic N) is 1. The molecule has 0 spiro atoms. The number of amides is 1. The van der Waals surface area contributed by atoms with E-state index in [4.69, 9.17) is 0 Å². The third-order valence-electron chi connectivity index (χ3n) is 2.96. The Bertz CT molecular complexity index is 561. The van der Waals surface area contributed by atoms with Crippen LogP contribution in [0.1, 0.15) is 18.3 Å². The van der Waals surface area contributed by atoms with Crippen molar-refractivity contribution in [1.82, 2.24) is 20.6 Å². The molecule has 5 nitrogen and oxygen atoms in total. The fourth-order valence-electron chi connectivity index (χ4n) is 1.77. The molecule has 0 radical (unpaired) electrons. The number of nitrogens with one attached hydrogen (secondary N) is 3. The zero-order valence-corrected chi connectivity index (χ0v) is 10.9. The van der Waals surface area contributed by atoms with Crippen molar-refractivity contribution in [2.75, 3.05) is 7.05 Å². The molecular weight excluding hydrogens is 228 g/mol. The lowest BCUT2D eigenvalue weighted by molar-refractivity contribution is -0.122. The van der Waals surface area contributed by atoms with E-state index in [1.54, 1.807) is 7.05 Å². The molecule has 5 heteroatoms. The van der Waals surface area contributed by atoms with E-state index in [0.717, 1.165) is 22.4 Å². The topological polar surface area (TPSA) is 69.8 Å². The van der Waals surface area contributed by atoms with Crippen molar-refractivity contribution in [2.24, 2.45) is 0 Å². The lowest BCUT2D eigenvalue weighted by Gasteiger charge is -2.10. The van der Waals surface area contributed by atoms with Gasteiger partial charge in [0.05, 0.1) is 17.1 Å². The number of aromatic nitrogens is 2. The number of H-pyrrole nitrogens is 1. The average molecular weight is 246 g/mol. The van der Waals surface area contributed by atoms with E-state index in [2.05, 4.69) is 20.6 Å². The van der Waals surface area contributed by atoms with Crippen LogP contribution in [-0.4, -0.2) is 29.0 Å². The second-order valence-corrected chi connectivity index (χ2v) is 4.40. The van der Waals surface area contributed by atoms with E-state index in [1.165, 1.54) is 0 Å². The third kappa shape index (κ3) is 2.68. The highest BCUT2D eigenvalue weighted by atomic mass is 16.2. The Labute approximate surface area is 106 Å². The van der Waals surface area contributed by atoms with Crippen LogP contribution in [0.25, 0.3) is 11.0 Å². The molecule has 1 aromatic carbocycles. The number of fused-ring (bicyclic) bond motifs is 1. The number of likely N-dealkylation sites (N-methyl/N-ethyl adjacent to an activating group) is 1. The lowest BCUT2D eigenvalue weighted by Crippen LogP contribution is -2.39. The Hall–Kier alpha value is -1.88. The monoisotopic (exact) mass is 246 g/mol. The van der Waals surface area contributed by atoms with Gasteiger partial charge in [0, 0.05) is 6.54 Å². The van der Waals surface area contributed by atoms with Crippen molar-refractivity contribution in [3.05, 3.63) is 29.6 Å². The van der Waals surface area contributed by atoms with Gasteiger partial charge in [-0.2, -0.15) is 0 Å². The van der Waals surface area contributed by atoms with Gasteiger partial charge in [-0.15, -0.1) is 0 Å². The van der Waals surface area contributed by atoms with Crippen LogP contribution in [0, 0.1) is 6.92 Å². The molecule has 0 fully saturated rings. The van der Waals surface area contributed by atoms with Crippen LogP contribution >= 0.6 is 0 Å². The normalized spacial score (nSPS) is 12.6. The smallest absolute Gasteiger partial charge is 0.237 e. The predicted molar refractivity (Wildman–Crippen MR) is 71.2 cm³/mol. The molecule has 0 bridgehead atoms. The minimum Gasteiger partial charge on any atom is -0.351 e. The Morgan fingerprint density at radius 1 is 1.50 bits per heavy atom. The van der Waals surface area contributed by atoms with Gasteiger partial charge in [-0.05, 0) is 38.6 Å². The second kappa shape index (κ2) is 5.18. The molecule has 0 aliphatic heterocycles. The van der Waals surface area contributed by atoms with Crippen molar-refractivity contribution in [3.8, 4) is 0 Å². The molecule has 18 heavy (non-hydrogen) atoms. The van der Waals surface area contributed by atoms with E-state index in [-0.39, 0.29) is 11.9 Å². The number of carbonyl (C=O) groups is 1. The first-order valence-corrected chi connectivity index (χ1v) is 6.00. The Morgan fingerprint density at radius 3 is 3.00 bits per heavy atom. The van der Waals surface area contributed by atoms with Gasteiger partial charge in [0.1, 0.15) is 5.82 Å². The Kier molecular flexibility index (Phi) is 3.62. The van der Waals surface area contributed by atoms with Crippen LogP contribution in [0.15, 0.2) is 18.2 Å². The van der Waals surface area contributed by atoms with Crippen molar-refractivity contribution in [3.63, 3.8) is 0 Å². The fraction of sp³-hybridized carbons (Fsp3) is 0.385. The molecule has 1 aromatic heterocycles. The molecule has 3 N–H and O–H groups in total. The summed E-state index contributed by atoms with van der Waals surface area (Å²) >= 11 is 0. The quantitative estimate of drug-likeness (QED) is 0.756. The molecule has 1 amide bonds. The number of carbonyl (C=O) groups excluding carboxylic acids is 1. The Morgan fingerprint density at radius 2 is 2.28 bits per heavy atom. The maximum atomic E-state index is 11.6. The van der Waals surface area contributed by atoms with Gasteiger partial charge in [-0.1, -0.05) is 6.07 Å². The molecule has 96 valence electrons. The summed E-state index contributed by atoms with van der Waals surface area (Å²) < 4.78 is 0. The van der Waals surface area contributed by atoms with Crippen molar-refractivity contribution in [2.45, 2.75) is 26.4 Å². The lowest BCUT2D eigenvalue weighted by atomic mass is 10.2. The van der Waals surface area contributed by atoms with Crippen LogP contribution in [-0.2, 0) is 11.3 Å². The molecule has 0 aliphatic carbocycles. The zero-order chi connectivity index (χ0) is 13.1. The summed E-state index contributed by atoms with van der Waals surface area (Å²) in [6.07, 6.45) is 0. The van der Waals surface area contributed by atoms with Gasteiger partial charge < -0.3 is 15.6 Å².